The molecule has 4 rings (SSSR count). The number of hydrogen-bond donors (Lipinski definition) is 2. The van der Waals surface area contributed by atoms with E-state index in [-0.39, 0.29) is 10.8 Å². The van der Waals surface area contributed by atoms with Crippen LogP contribution in [0, 0.1) is 13.8 Å². The number of aromatic nitrogens is 2. The highest BCUT2D eigenvalue weighted by Gasteiger charge is 2.24. The Bertz CT molecular complexity index is 1200. The molecule has 156 valence electrons. The predicted molar refractivity (Wildman–Crippen MR) is 117 cm³/mol. The van der Waals surface area contributed by atoms with Crippen LogP contribution in [0.25, 0.3) is 11.3 Å². The standard InChI is InChI=1S/C22H24N4O3S/c1-14-7-5-8-15(2)20(14)18-12-19-24-21(23-18)26-30(27,28)17-10-6-9-16(11-17)25-22(3,4)13-29-19/h5-12,25H,13H2,1-4H3,(H,23,24,26). The zero-order valence-electron chi connectivity index (χ0n) is 17.4. The zero-order valence-corrected chi connectivity index (χ0v) is 18.2. The molecule has 8 heteroatoms. The summed E-state index contributed by atoms with van der Waals surface area (Å²) in [5.74, 6) is 0.279. The Kier molecular flexibility index (Phi) is 4.89. The lowest BCUT2D eigenvalue weighted by Crippen LogP contribution is -2.38. The van der Waals surface area contributed by atoms with Crippen molar-refractivity contribution in [2.75, 3.05) is 16.6 Å². The quantitative estimate of drug-likeness (QED) is 0.610. The van der Waals surface area contributed by atoms with E-state index in [0.717, 1.165) is 16.7 Å². The average Bonchev–Trinajstić information content (AvgIpc) is 2.65. The van der Waals surface area contributed by atoms with E-state index in [1.807, 2.05) is 52.0 Å². The summed E-state index contributed by atoms with van der Waals surface area (Å²) in [6.45, 7) is 8.27. The summed E-state index contributed by atoms with van der Waals surface area (Å²) in [6, 6.07) is 14.3. The first-order valence-electron chi connectivity index (χ1n) is 9.63. The molecule has 7 nitrogen and oxygen atoms in total. The largest absolute Gasteiger partial charge is 0.475 e. The van der Waals surface area contributed by atoms with Crippen molar-refractivity contribution in [1.82, 2.24) is 9.97 Å². The first-order valence-corrected chi connectivity index (χ1v) is 11.1. The number of ether oxygens (including phenoxy) is 1. The van der Waals surface area contributed by atoms with Gasteiger partial charge in [-0.15, -0.1) is 0 Å². The molecule has 0 saturated heterocycles. The Labute approximate surface area is 176 Å². The number of sulfonamides is 1. The van der Waals surface area contributed by atoms with Crippen LogP contribution in [0.1, 0.15) is 25.0 Å². The van der Waals surface area contributed by atoms with Gasteiger partial charge in [-0.1, -0.05) is 24.3 Å². The maximum absolute atomic E-state index is 13.0. The normalized spacial score (nSPS) is 16.8. The minimum Gasteiger partial charge on any atom is -0.475 e. The van der Waals surface area contributed by atoms with Crippen molar-refractivity contribution in [3.63, 3.8) is 0 Å². The molecule has 0 atom stereocenters. The molecule has 3 aromatic rings. The van der Waals surface area contributed by atoms with Gasteiger partial charge in [0.1, 0.15) is 6.61 Å². The van der Waals surface area contributed by atoms with Crippen molar-refractivity contribution in [3.05, 3.63) is 59.7 Å². The summed E-state index contributed by atoms with van der Waals surface area (Å²) in [6.07, 6.45) is 0. The minimum atomic E-state index is -3.87. The van der Waals surface area contributed by atoms with Crippen LogP contribution >= 0.6 is 0 Å². The number of benzene rings is 2. The second-order valence-electron chi connectivity index (χ2n) is 8.11. The van der Waals surface area contributed by atoms with Crippen molar-refractivity contribution in [1.29, 1.82) is 0 Å². The van der Waals surface area contributed by atoms with Gasteiger partial charge in [0.05, 0.1) is 16.1 Å². The van der Waals surface area contributed by atoms with Gasteiger partial charge in [0, 0.05) is 17.3 Å². The third kappa shape index (κ3) is 4.09. The third-order valence-corrected chi connectivity index (χ3v) is 6.20. The Morgan fingerprint density at radius 2 is 1.70 bits per heavy atom. The molecule has 0 amide bonds. The molecule has 1 aliphatic rings. The second kappa shape index (κ2) is 7.28. The Morgan fingerprint density at radius 3 is 2.43 bits per heavy atom. The number of rotatable bonds is 1. The summed E-state index contributed by atoms with van der Waals surface area (Å²) >= 11 is 0. The van der Waals surface area contributed by atoms with Crippen LogP contribution in [-0.2, 0) is 10.0 Å². The van der Waals surface area contributed by atoms with Crippen molar-refractivity contribution in [3.8, 4) is 17.1 Å². The molecule has 0 saturated carbocycles. The molecule has 2 N–H and O–H groups in total. The van der Waals surface area contributed by atoms with Gasteiger partial charge >= 0.3 is 0 Å². The highest BCUT2D eigenvalue weighted by molar-refractivity contribution is 7.92. The monoisotopic (exact) mass is 424 g/mol. The summed E-state index contributed by atoms with van der Waals surface area (Å²) in [4.78, 5) is 8.93. The van der Waals surface area contributed by atoms with Crippen LogP contribution in [0.15, 0.2) is 53.4 Å². The highest BCUT2D eigenvalue weighted by Crippen LogP contribution is 2.30. The van der Waals surface area contributed by atoms with E-state index < -0.39 is 15.6 Å². The van der Waals surface area contributed by atoms with E-state index >= 15 is 0 Å². The number of aryl methyl sites for hydroxylation is 2. The molecular weight excluding hydrogens is 400 g/mol. The maximum Gasteiger partial charge on any atom is 0.264 e. The maximum atomic E-state index is 13.0. The van der Waals surface area contributed by atoms with E-state index in [4.69, 9.17) is 4.74 Å². The van der Waals surface area contributed by atoms with E-state index in [2.05, 4.69) is 20.0 Å². The van der Waals surface area contributed by atoms with E-state index in [1.165, 1.54) is 0 Å². The number of hydrogen-bond acceptors (Lipinski definition) is 6. The smallest absolute Gasteiger partial charge is 0.264 e. The van der Waals surface area contributed by atoms with Gasteiger partial charge in [-0.05, 0) is 57.0 Å². The SMILES string of the molecule is Cc1cccc(C)c1-c1cc2nc(n1)NS(=O)(=O)c1cccc(c1)NC(C)(C)CO2. The van der Waals surface area contributed by atoms with Crippen LogP contribution in [0.2, 0.25) is 0 Å². The first-order chi connectivity index (χ1) is 14.1. The lowest BCUT2D eigenvalue weighted by molar-refractivity contribution is 0.247. The number of anilines is 2. The summed E-state index contributed by atoms with van der Waals surface area (Å²) < 4.78 is 34.4. The fourth-order valence-corrected chi connectivity index (χ4v) is 4.48. The van der Waals surface area contributed by atoms with Gasteiger partial charge in [0.2, 0.25) is 11.8 Å². The van der Waals surface area contributed by atoms with Crippen LogP contribution in [0.5, 0.6) is 5.88 Å². The van der Waals surface area contributed by atoms with Crippen LogP contribution in [0.3, 0.4) is 0 Å². The van der Waals surface area contributed by atoms with Crippen LogP contribution < -0.4 is 14.8 Å². The molecule has 0 spiro atoms. The third-order valence-electron chi connectivity index (χ3n) is 4.87. The summed E-state index contributed by atoms with van der Waals surface area (Å²) in [5.41, 5.74) is 3.82. The highest BCUT2D eigenvalue weighted by atomic mass is 32.2. The van der Waals surface area contributed by atoms with Crippen molar-refractivity contribution in [2.24, 2.45) is 0 Å². The molecule has 2 aromatic carbocycles. The molecule has 1 aliphatic heterocycles. The van der Waals surface area contributed by atoms with Gasteiger partial charge in [-0.2, -0.15) is 4.98 Å². The van der Waals surface area contributed by atoms with Crippen molar-refractivity contribution < 1.29 is 13.2 Å². The summed E-state index contributed by atoms with van der Waals surface area (Å²) in [7, 11) is -3.87. The van der Waals surface area contributed by atoms with Gasteiger partial charge in [-0.25, -0.2) is 18.1 Å². The minimum absolute atomic E-state index is 0.0260. The van der Waals surface area contributed by atoms with Gasteiger partial charge in [0.15, 0.2) is 0 Å². The number of fused-ring (bicyclic) bond motifs is 4. The van der Waals surface area contributed by atoms with Crippen LogP contribution in [-0.4, -0.2) is 30.5 Å². The van der Waals surface area contributed by atoms with Gasteiger partial charge in [0.25, 0.3) is 10.0 Å². The van der Waals surface area contributed by atoms with Crippen molar-refractivity contribution in [2.45, 2.75) is 38.1 Å². The zero-order chi connectivity index (χ0) is 21.5. The lowest BCUT2D eigenvalue weighted by Gasteiger charge is -2.28. The summed E-state index contributed by atoms with van der Waals surface area (Å²) in [5, 5.41) is 3.33. The van der Waals surface area contributed by atoms with Gasteiger partial charge in [-0.3, -0.25) is 0 Å². The topological polar surface area (TPSA) is 93.2 Å². The fraction of sp³-hybridized carbons (Fsp3) is 0.273. The second-order valence-corrected chi connectivity index (χ2v) is 9.80. The molecule has 30 heavy (non-hydrogen) atoms. The van der Waals surface area contributed by atoms with E-state index in [0.29, 0.717) is 23.9 Å². The van der Waals surface area contributed by atoms with Crippen LogP contribution in [0.4, 0.5) is 11.6 Å². The van der Waals surface area contributed by atoms with E-state index in [1.54, 1.807) is 24.3 Å². The molecular formula is C22H24N4O3S. The molecule has 0 unspecified atom stereocenters. The first kappa shape index (κ1) is 20.2. The lowest BCUT2D eigenvalue weighted by atomic mass is 10.00. The molecule has 0 aliphatic carbocycles. The predicted octanol–water partition coefficient (Wildman–Crippen LogP) is 4.14. The molecule has 2 heterocycles. The Hall–Kier alpha value is -3.13. The number of nitrogens with one attached hydrogen (secondary N) is 2. The van der Waals surface area contributed by atoms with Crippen molar-refractivity contribution >= 4 is 21.7 Å². The molecule has 0 fully saturated rings. The molecule has 0 radical (unpaired) electrons. The van der Waals surface area contributed by atoms with Gasteiger partial charge < -0.3 is 10.1 Å². The molecule has 1 aromatic heterocycles. The van der Waals surface area contributed by atoms with E-state index in [9.17, 15) is 8.42 Å². The average molecular weight is 425 g/mol. The molecule has 4 bridgehead atoms. The fourth-order valence-electron chi connectivity index (χ4n) is 3.49. The Morgan fingerprint density at radius 1 is 1.00 bits per heavy atom. The Balaban J connectivity index is 1.89. The number of nitrogens with zero attached hydrogens (tertiary/aromatic N) is 2.